The Bertz CT molecular complexity index is 684. The molecule has 2 amide bonds. The van der Waals surface area contributed by atoms with E-state index in [1.165, 1.54) is 0 Å². The molecule has 1 aromatic carbocycles. The van der Waals surface area contributed by atoms with E-state index in [4.69, 9.17) is 0 Å². The lowest BCUT2D eigenvalue weighted by Crippen LogP contribution is -2.50. The molecule has 0 saturated carbocycles. The highest BCUT2D eigenvalue weighted by atomic mass is 79.9. The lowest BCUT2D eigenvalue weighted by atomic mass is 10.2. The second-order valence-corrected chi connectivity index (χ2v) is 6.41. The number of urea groups is 1. The molecule has 0 unspecified atom stereocenters. The molecule has 1 saturated heterocycles. The fraction of sp³-hybridized carbons (Fsp3) is 0.294. The average Bonchev–Trinajstić information content (AvgIpc) is 2.59. The first-order valence-corrected chi connectivity index (χ1v) is 8.41. The topological polar surface area (TPSA) is 48.5 Å². The number of nitrogens with zero attached hydrogens (tertiary/aromatic N) is 3. The SMILES string of the molecule is Cc1ccc(NC(=O)N2CCN(c3ccccn3)CC2)cc1Br. The summed E-state index contributed by atoms with van der Waals surface area (Å²) in [6.07, 6.45) is 1.80. The van der Waals surface area contributed by atoms with Crippen LogP contribution in [-0.4, -0.2) is 42.1 Å². The molecular formula is C17H19BrN4O. The van der Waals surface area contributed by atoms with Crippen LogP contribution >= 0.6 is 15.9 Å². The van der Waals surface area contributed by atoms with Crippen LogP contribution in [0.5, 0.6) is 0 Å². The highest BCUT2D eigenvalue weighted by Crippen LogP contribution is 2.21. The van der Waals surface area contributed by atoms with Crippen molar-refractivity contribution in [2.45, 2.75) is 6.92 Å². The third-order valence-electron chi connectivity index (χ3n) is 3.96. The fourth-order valence-electron chi connectivity index (χ4n) is 2.55. The van der Waals surface area contributed by atoms with Crippen molar-refractivity contribution >= 4 is 33.5 Å². The molecule has 1 N–H and O–H groups in total. The summed E-state index contributed by atoms with van der Waals surface area (Å²) in [5.41, 5.74) is 1.95. The third-order valence-corrected chi connectivity index (χ3v) is 4.82. The van der Waals surface area contributed by atoms with Crippen LogP contribution in [0.4, 0.5) is 16.3 Å². The molecular weight excluding hydrogens is 356 g/mol. The number of pyridine rings is 1. The number of hydrogen-bond donors (Lipinski definition) is 1. The molecule has 0 spiro atoms. The van der Waals surface area contributed by atoms with Crippen LogP contribution in [0.2, 0.25) is 0 Å². The lowest BCUT2D eigenvalue weighted by molar-refractivity contribution is 0.208. The third kappa shape index (κ3) is 3.82. The van der Waals surface area contributed by atoms with Crippen molar-refractivity contribution < 1.29 is 4.79 Å². The van der Waals surface area contributed by atoms with E-state index in [-0.39, 0.29) is 6.03 Å². The second-order valence-electron chi connectivity index (χ2n) is 5.56. The second kappa shape index (κ2) is 7.00. The summed E-state index contributed by atoms with van der Waals surface area (Å²) < 4.78 is 0.996. The Hall–Kier alpha value is -2.08. The van der Waals surface area contributed by atoms with Crippen molar-refractivity contribution in [3.8, 4) is 0 Å². The first-order valence-electron chi connectivity index (χ1n) is 7.61. The first-order chi connectivity index (χ1) is 11.1. The van der Waals surface area contributed by atoms with Crippen molar-refractivity contribution in [1.82, 2.24) is 9.88 Å². The van der Waals surface area contributed by atoms with E-state index in [9.17, 15) is 4.79 Å². The smallest absolute Gasteiger partial charge is 0.321 e. The van der Waals surface area contributed by atoms with E-state index in [2.05, 4.69) is 31.1 Å². The van der Waals surface area contributed by atoms with Gasteiger partial charge in [-0.05, 0) is 36.8 Å². The van der Waals surface area contributed by atoms with Gasteiger partial charge in [0.15, 0.2) is 0 Å². The quantitative estimate of drug-likeness (QED) is 0.874. The molecule has 0 atom stereocenters. The van der Waals surface area contributed by atoms with E-state index in [1.807, 2.05) is 48.2 Å². The monoisotopic (exact) mass is 374 g/mol. The molecule has 0 radical (unpaired) electrons. The Morgan fingerprint density at radius 3 is 2.61 bits per heavy atom. The molecule has 1 aromatic heterocycles. The van der Waals surface area contributed by atoms with Gasteiger partial charge in [-0.1, -0.05) is 28.1 Å². The fourth-order valence-corrected chi connectivity index (χ4v) is 2.93. The predicted octanol–water partition coefficient (Wildman–Crippen LogP) is 3.51. The number of piperazine rings is 1. The van der Waals surface area contributed by atoms with E-state index in [0.717, 1.165) is 34.6 Å². The zero-order valence-corrected chi connectivity index (χ0v) is 14.6. The highest BCUT2D eigenvalue weighted by Gasteiger charge is 2.21. The van der Waals surface area contributed by atoms with Crippen molar-refractivity contribution in [2.24, 2.45) is 0 Å². The lowest BCUT2D eigenvalue weighted by Gasteiger charge is -2.35. The van der Waals surface area contributed by atoms with Gasteiger partial charge in [-0.2, -0.15) is 0 Å². The van der Waals surface area contributed by atoms with Gasteiger partial charge in [-0.3, -0.25) is 0 Å². The molecule has 3 rings (SSSR count). The number of carbonyl (C=O) groups is 1. The normalized spacial score (nSPS) is 14.7. The van der Waals surface area contributed by atoms with Gasteiger partial charge < -0.3 is 15.1 Å². The van der Waals surface area contributed by atoms with Crippen LogP contribution in [0, 0.1) is 6.92 Å². The van der Waals surface area contributed by atoms with Crippen molar-refractivity contribution in [3.05, 3.63) is 52.6 Å². The molecule has 1 aliphatic heterocycles. The van der Waals surface area contributed by atoms with Crippen LogP contribution in [0.3, 0.4) is 0 Å². The Morgan fingerprint density at radius 2 is 1.96 bits per heavy atom. The maximum atomic E-state index is 12.4. The van der Waals surface area contributed by atoms with Gasteiger partial charge in [0.2, 0.25) is 0 Å². The van der Waals surface area contributed by atoms with Crippen molar-refractivity contribution in [2.75, 3.05) is 36.4 Å². The molecule has 6 heteroatoms. The molecule has 120 valence electrons. The molecule has 2 aromatic rings. The highest BCUT2D eigenvalue weighted by molar-refractivity contribution is 9.10. The summed E-state index contributed by atoms with van der Waals surface area (Å²) in [4.78, 5) is 20.8. The van der Waals surface area contributed by atoms with Gasteiger partial charge in [0.05, 0.1) is 0 Å². The van der Waals surface area contributed by atoms with Crippen LogP contribution in [0.25, 0.3) is 0 Å². The minimum atomic E-state index is -0.0542. The minimum Gasteiger partial charge on any atom is -0.353 e. The molecule has 0 aliphatic carbocycles. The van der Waals surface area contributed by atoms with E-state index >= 15 is 0 Å². The number of halogens is 1. The van der Waals surface area contributed by atoms with Gasteiger partial charge in [-0.25, -0.2) is 9.78 Å². The van der Waals surface area contributed by atoms with Gasteiger partial charge in [0.1, 0.15) is 5.82 Å². The molecule has 2 heterocycles. The van der Waals surface area contributed by atoms with Crippen LogP contribution in [0.15, 0.2) is 47.1 Å². The van der Waals surface area contributed by atoms with Crippen LogP contribution < -0.4 is 10.2 Å². The summed E-state index contributed by atoms with van der Waals surface area (Å²) in [5, 5.41) is 2.96. The number of aromatic nitrogens is 1. The van der Waals surface area contributed by atoms with E-state index < -0.39 is 0 Å². The predicted molar refractivity (Wildman–Crippen MR) is 95.9 cm³/mol. The summed E-state index contributed by atoms with van der Waals surface area (Å²) in [6, 6.07) is 11.7. The Morgan fingerprint density at radius 1 is 1.17 bits per heavy atom. The largest absolute Gasteiger partial charge is 0.353 e. The van der Waals surface area contributed by atoms with Gasteiger partial charge >= 0.3 is 6.03 Å². The van der Waals surface area contributed by atoms with E-state index in [0.29, 0.717) is 13.1 Å². The number of hydrogen-bond acceptors (Lipinski definition) is 3. The van der Waals surface area contributed by atoms with Crippen molar-refractivity contribution in [1.29, 1.82) is 0 Å². The van der Waals surface area contributed by atoms with Crippen LogP contribution in [-0.2, 0) is 0 Å². The van der Waals surface area contributed by atoms with Gasteiger partial charge in [-0.15, -0.1) is 0 Å². The molecule has 1 aliphatic rings. The number of aryl methyl sites for hydroxylation is 1. The summed E-state index contributed by atoms with van der Waals surface area (Å²) in [6.45, 7) is 4.99. The Kier molecular flexibility index (Phi) is 4.81. The summed E-state index contributed by atoms with van der Waals surface area (Å²) in [7, 11) is 0. The summed E-state index contributed by atoms with van der Waals surface area (Å²) >= 11 is 3.49. The maximum Gasteiger partial charge on any atom is 0.321 e. The number of anilines is 2. The zero-order chi connectivity index (χ0) is 16.2. The number of carbonyl (C=O) groups excluding carboxylic acids is 1. The number of rotatable bonds is 2. The molecule has 5 nitrogen and oxygen atoms in total. The Balaban J connectivity index is 1.57. The van der Waals surface area contributed by atoms with Crippen molar-refractivity contribution in [3.63, 3.8) is 0 Å². The standard InChI is InChI=1S/C17H19BrN4O/c1-13-5-6-14(12-15(13)18)20-17(23)22-10-8-21(9-11-22)16-4-2-3-7-19-16/h2-7,12H,8-11H2,1H3,(H,20,23). The minimum absolute atomic E-state index is 0.0542. The van der Waals surface area contributed by atoms with Gasteiger partial charge in [0.25, 0.3) is 0 Å². The first kappa shape index (κ1) is 15.8. The Labute approximate surface area is 144 Å². The van der Waals surface area contributed by atoms with E-state index in [1.54, 1.807) is 6.20 Å². The average molecular weight is 375 g/mol. The van der Waals surface area contributed by atoms with Crippen LogP contribution in [0.1, 0.15) is 5.56 Å². The van der Waals surface area contributed by atoms with Gasteiger partial charge in [0, 0.05) is 42.5 Å². The zero-order valence-electron chi connectivity index (χ0n) is 13.0. The number of nitrogens with one attached hydrogen (secondary N) is 1. The molecule has 23 heavy (non-hydrogen) atoms. The summed E-state index contributed by atoms with van der Waals surface area (Å²) in [5.74, 6) is 0.968. The number of amides is 2. The molecule has 0 bridgehead atoms. The number of benzene rings is 1. The molecule has 1 fully saturated rings. The maximum absolute atomic E-state index is 12.4.